The van der Waals surface area contributed by atoms with Gasteiger partial charge >= 0.3 is 0 Å². The second-order valence-corrected chi connectivity index (χ2v) is 3.11. The smallest absolute Gasteiger partial charge is 0.0655 e. The van der Waals surface area contributed by atoms with E-state index in [1.807, 2.05) is 0 Å². The van der Waals surface area contributed by atoms with Gasteiger partial charge in [-0.15, -0.1) is 0 Å². The van der Waals surface area contributed by atoms with Gasteiger partial charge in [-0.1, -0.05) is 39.5 Å². The van der Waals surface area contributed by atoms with Crippen LogP contribution in [0.5, 0.6) is 0 Å². The zero-order valence-corrected chi connectivity index (χ0v) is 7.77. The van der Waals surface area contributed by atoms with Gasteiger partial charge < -0.3 is 0 Å². The molecule has 1 heteroatoms. The molecule has 1 nitrogen and oxygen atoms in total. The van der Waals surface area contributed by atoms with Crippen LogP contribution in [0.2, 0.25) is 0 Å². The Morgan fingerprint density at radius 2 is 1.82 bits per heavy atom. The Morgan fingerprint density at radius 3 is 2.27 bits per heavy atom. The van der Waals surface area contributed by atoms with Crippen molar-refractivity contribution in [2.75, 3.05) is 0 Å². The SMILES string of the molecule is CCCCC[C@@H](C#N)CCC. The minimum Gasteiger partial charge on any atom is -0.198 e. The van der Waals surface area contributed by atoms with Crippen LogP contribution in [0.3, 0.4) is 0 Å². The van der Waals surface area contributed by atoms with Gasteiger partial charge in [0.15, 0.2) is 0 Å². The van der Waals surface area contributed by atoms with E-state index in [1.54, 1.807) is 0 Å². The van der Waals surface area contributed by atoms with Crippen molar-refractivity contribution >= 4 is 0 Å². The molecule has 0 aliphatic heterocycles. The monoisotopic (exact) mass is 153 g/mol. The Hall–Kier alpha value is -0.510. The Balaban J connectivity index is 3.30. The van der Waals surface area contributed by atoms with Gasteiger partial charge in [0, 0.05) is 5.92 Å². The lowest BCUT2D eigenvalue weighted by atomic mass is 9.98. The summed E-state index contributed by atoms with van der Waals surface area (Å²) < 4.78 is 0. The standard InChI is InChI=1S/C10H19N/c1-3-5-6-8-10(9-11)7-4-2/h10H,3-8H2,1-2H3/t10-/m0/s1. The summed E-state index contributed by atoms with van der Waals surface area (Å²) in [5.41, 5.74) is 0. The Morgan fingerprint density at radius 1 is 1.09 bits per heavy atom. The topological polar surface area (TPSA) is 23.8 Å². The third-order valence-electron chi connectivity index (χ3n) is 1.98. The molecular weight excluding hydrogens is 134 g/mol. The summed E-state index contributed by atoms with van der Waals surface area (Å²) in [5.74, 6) is 0.326. The van der Waals surface area contributed by atoms with Gasteiger partial charge in [0.05, 0.1) is 6.07 Å². The van der Waals surface area contributed by atoms with Gasteiger partial charge in [0.25, 0.3) is 0 Å². The van der Waals surface area contributed by atoms with E-state index < -0.39 is 0 Å². The van der Waals surface area contributed by atoms with Crippen molar-refractivity contribution in [1.82, 2.24) is 0 Å². The van der Waals surface area contributed by atoms with Crippen LogP contribution in [-0.2, 0) is 0 Å². The van der Waals surface area contributed by atoms with E-state index in [4.69, 9.17) is 5.26 Å². The summed E-state index contributed by atoms with van der Waals surface area (Å²) in [7, 11) is 0. The minimum atomic E-state index is 0.326. The highest BCUT2D eigenvalue weighted by Crippen LogP contribution is 2.13. The summed E-state index contributed by atoms with van der Waals surface area (Å²) in [4.78, 5) is 0. The average Bonchev–Trinajstić information content (AvgIpc) is 2.03. The predicted octanol–water partition coefficient (Wildman–Crippen LogP) is 3.51. The normalized spacial score (nSPS) is 12.5. The average molecular weight is 153 g/mol. The zero-order valence-electron chi connectivity index (χ0n) is 7.77. The van der Waals surface area contributed by atoms with Gasteiger partial charge in [-0.25, -0.2) is 0 Å². The lowest BCUT2D eigenvalue weighted by molar-refractivity contribution is 0.511. The molecule has 0 unspecified atom stereocenters. The highest BCUT2D eigenvalue weighted by Gasteiger charge is 2.03. The van der Waals surface area contributed by atoms with Crippen molar-refractivity contribution in [2.24, 2.45) is 5.92 Å². The van der Waals surface area contributed by atoms with Crippen LogP contribution in [0.1, 0.15) is 52.4 Å². The van der Waals surface area contributed by atoms with Gasteiger partial charge in [0.2, 0.25) is 0 Å². The molecule has 0 rings (SSSR count). The molecule has 0 heterocycles. The maximum absolute atomic E-state index is 8.71. The Labute approximate surface area is 70.4 Å². The summed E-state index contributed by atoms with van der Waals surface area (Å²) in [5, 5.41) is 8.71. The van der Waals surface area contributed by atoms with E-state index >= 15 is 0 Å². The fraction of sp³-hybridized carbons (Fsp3) is 0.900. The molecule has 0 N–H and O–H groups in total. The van der Waals surface area contributed by atoms with Crippen LogP contribution in [0.4, 0.5) is 0 Å². The van der Waals surface area contributed by atoms with Gasteiger partial charge in [-0.3, -0.25) is 0 Å². The largest absolute Gasteiger partial charge is 0.198 e. The van der Waals surface area contributed by atoms with E-state index in [0.717, 1.165) is 19.3 Å². The Bertz CT molecular complexity index is 113. The molecule has 0 aromatic heterocycles. The highest BCUT2D eigenvalue weighted by atomic mass is 14.3. The van der Waals surface area contributed by atoms with Crippen LogP contribution in [-0.4, -0.2) is 0 Å². The number of nitrogens with zero attached hydrogens (tertiary/aromatic N) is 1. The summed E-state index contributed by atoms with van der Waals surface area (Å²) >= 11 is 0. The highest BCUT2D eigenvalue weighted by molar-refractivity contribution is 4.81. The van der Waals surface area contributed by atoms with Crippen molar-refractivity contribution < 1.29 is 0 Å². The first kappa shape index (κ1) is 10.5. The number of unbranched alkanes of at least 4 members (excludes halogenated alkanes) is 2. The third-order valence-corrected chi connectivity index (χ3v) is 1.98. The van der Waals surface area contributed by atoms with Crippen molar-refractivity contribution in [1.29, 1.82) is 5.26 Å². The van der Waals surface area contributed by atoms with Crippen molar-refractivity contribution in [3.8, 4) is 6.07 Å². The number of hydrogen-bond acceptors (Lipinski definition) is 1. The molecule has 0 amide bonds. The number of hydrogen-bond donors (Lipinski definition) is 0. The molecule has 11 heavy (non-hydrogen) atoms. The minimum absolute atomic E-state index is 0.326. The number of rotatable bonds is 6. The van der Waals surface area contributed by atoms with Crippen LogP contribution in [0, 0.1) is 17.2 Å². The second-order valence-electron chi connectivity index (χ2n) is 3.11. The van der Waals surface area contributed by atoms with Gasteiger partial charge in [-0.05, 0) is 12.8 Å². The molecule has 1 atom stereocenters. The van der Waals surface area contributed by atoms with Gasteiger partial charge in [0.1, 0.15) is 0 Å². The summed E-state index contributed by atoms with van der Waals surface area (Å²) in [6.07, 6.45) is 7.10. The maximum atomic E-state index is 8.71. The van der Waals surface area contributed by atoms with Crippen molar-refractivity contribution in [3.63, 3.8) is 0 Å². The molecule has 0 fully saturated rings. The van der Waals surface area contributed by atoms with Crippen molar-refractivity contribution in [3.05, 3.63) is 0 Å². The molecule has 0 bridgehead atoms. The van der Waals surface area contributed by atoms with E-state index in [9.17, 15) is 0 Å². The second kappa shape index (κ2) is 7.60. The first-order chi connectivity index (χ1) is 5.35. The summed E-state index contributed by atoms with van der Waals surface area (Å²) in [6.45, 7) is 4.34. The number of nitriles is 1. The van der Waals surface area contributed by atoms with Crippen LogP contribution in [0.25, 0.3) is 0 Å². The van der Waals surface area contributed by atoms with E-state index in [-0.39, 0.29) is 0 Å². The molecule has 0 aliphatic carbocycles. The van der Waals surface area contributed by atoms with E-state index in [0.29, 0.717) is 5.92 Å². The summed E-state index contributed by atoms with van der Waals surface area (Å²) in [6, 6.07) is 2.36. The van der Waals surface area contributed by atoms with E-state index in [1.165, 1.54) is 19.3 Å². The molecular formula is C10H19N. The van der Waals surface area contributed by atoms with Gasteiger partial charge in [-0.2, -0.15) is 5.26 Å². The molecule has 0 aliphatic rings. The fourth-order valence-corrected chi connectivity index (χ4v) is 1.26. The zero-order chi connectivity index (χ0) is 8.53. The maximum Gasteiger partial charge on any atom is 0.0655 e. The van der Waals surface area contributed by atoms with Crippen LogP contribution in [0.15, 0.2) is 0 Å². The molecule has 64 valence electrons. The van der Waals surface area contributed by atoms with Crippen LogP contribution >= 0.6 is 0 Å². The fourth-order valence-electron chi connectivity index (χ4n) is 1.26. The molecule has 0 saturated carbocycles. The molecule has 0 spiro atoms. The first-order valence-electron chi connectivity index (χ1n) is 4.74. The first-order valence-corrected chi connectivity index (χ1v) is 4.74. The lowest BCUT2D eigenvalue weighted by Crippen LogP contribution is -1.95. The molecule has 0 aromatic carbocycles. The van der Waals surface area contributed by atoms with Crippen molar-refractivity contribution in [2.45, 2.75) is 52.4 Å². The molecule has 0 saturated heterocycles. The quantitative estimate of drug-likeness (QED) is 0.536. The van der Waals surface area contributed by atoms with Crippen LogP contribution < -0.4 is 0 Å². The molecule has 0 aromatic rings. The molecule has 0 radical (unpaired) electrons. The van der Waals surface area contributed by atoms with E-state index in [2.05, 4.69) is 19.9 Å². The third kappa shape index (κ3) is 5.91. The lowest BCUT2D eigenvalue weighted by Gasteiger charge is -2.05. The predicted molar refractivity (Wildman–Crippen MR) is 48.2 cm³/mol. The Kier molecular flexibility index (Phi) is 7.24.